The molecule has 0 spiro atoms. The van der Waals surface area contributed by atoms with Gasteiger partial charge in [-0.05, 0) is 24.3 Å². The molecule has 0 unspecified atom stereocenters. The van der Waals surface area contributed by atoms with E-state index in [1.807, 2.05) is 0 Å². The zero-order valence-electron chi connectivity index (χ0n) is 11.0. The Bertz CT molecular complexity index is 726. The minimum atomic E-state index is -3.61. The molecule has 0 aliphatic rings. The molecule has 0 N–H and O–H groups in total. The second kappa shape index (κ2) is 6.74. The third-order valence-corrected chi connectivity index (χ3v) is 4.93. The van der Waals surface area contributed by atoms with Crippen molar-refractivity contribution in [2.75, 3.05) is 5.75 Å². The van der Waals surface area contributed by atoms with Gasteiger partial charge in [0, 0.05) is 0 Å². The van der Waals surface area contributed by atoms with Crippen molar-refractivity contribution in [2.45, 2.75) is 11.3 Å². The Hall–Kier alpha value is -1.85. The Balaban J connectivity index is 1.99. The molecule has 0 fully saturated rings. The van der Waals surface area contributed by atoms with Crippen molar-refractivity contribution in [3.8, 4) is 5.75 Å². The van der Waals surface area contributed by atoms with E-state index in [2.05, 4.69) is 0 Å². The molecule has 4 nitrogen and oxygen atoms in total. The van der Waals surface area contributed by atoms with Gasteiger partial charge in [0.25, 0.3) is 0 Å². The fourth-order valence-corrected chi connectivity index (χ4v) is 3.49. The number of ether oxygens (including phenoxy) is 1. The van der Waals surface area contributed by atoms with Crippen LogP contribution in [0.15, 0.2) is 59.5 Å². The summed E-state index contributed by atoms with van der Waals surface area (Å²) in [6, 6.07) is 14.6. The van der Waals surface area contributed by atoms with Crippen molar-refractivity contribution in [1.29, 1.82) is 0 Å². The molecule has 0 atom stereocenters. The van der Waals surface area contributed by atoms with Gasteiger partial charge in [0.1, 0.15) is 5.75 Å². The lowest BCUT2D eigenvalue weighted by atomic mass is 10.3. The quantitative estimate of drug-likeness (QED) is 0.626. The molecule has 0 amide bonds. The molecule has 21 heavy (non-hydrogen) atoms. The largest absolute Gasteiger partial charge is 0.427 e. The normalized spacial score (nSPS) is 11.1. The third kappa shape index (κ3) is 4.31. The van der Waals surface area contributed by atoms with Crippen LogP contribution in [-0.2, 0) is 14.6 Å². The SMILES string of the molecule is O=C(CCS(=O)(=O)c1ccccc1Cl)Oc1ccccc1. The molecule has 110 valence electrons. The van der Waals surface area contributed by atoms with Crippen LogP contribution in [0.5, 0.6) is 5.75 Å². The van der Waals surface area contributed by atoms with Crippen LogP contribution in [0.4, 0.5) is 0 Å². The Morgan fingerprint density at radius 1 is 1.00 bits per heavy atom. The van der Waals surface area contributed by atoms with E-state index in [-0.39, 0.29) is 22.1 Å². The molecule has 2 rings (SSSR count). The fourth-order valence-electron chi connectivity index (χ4n) is 1.70. The average molecular weight is 325 g/mol. The summed E-state index contributed by atoms with van der Waals surface area (Å²) in [6.07, 6.45) is -0.234. The van der Waals surface area contributed by atoms with Gasteiger partial charge in [-0.25, -0.2) is 8.42 Å². The number of para-hydroxylation sites is 1. The zero-order chi connectivity index (χ0) is 15.3. The van der Waals surface area contributed by atoms with Crippen LogP contribution in [0.3, 0.4) is 0 Å². The van der Waals surface area contributed by atoms with Crippen LogP contribution in [0.2, 0.25) is 5.02 Å². The Morgan fingerprint density at radius 2 is 1.62 bits per heavy atom. The van der Waals surface area contributed by atoms with Gasteiger partial charge in [0.05, 0.1) is 22.1 Å². The smallest absolute Gasteiger partial charge is 0.312 e. The van der Waals surface area contributed by atoms with Crippen LogP contribution in [0.1, 0.15) is 6.42 Å². The topological polar surface area (TPSA) is 60.4 Å². The molecular weight excluding hydrogens is 312 g/mol. The van der Waals surface area contributed by atoms with Gasteiger partial charge in [-0.2, -0.15) is 0 Å². The number of hydrogen-bond acceptors (Lipinski definition) is 4. The van der Waals surface area contributed by atoms with E-state index in [0.29, 0.717) is 5.75 Å². The van der Waals surface area contributed by atoms with Gasteiger partial charge in [-0.1, -0.05) is 41.9 Å². The summed E-state index contributed by atoms with van der Waals surface area (Å²) in [5.41, 5.74) is 0. The summed E-state index contributed by atoms with van der Waals surface area (Å²) in [5.74, 6) is -0.558. The van der Waals surface area contributed by atoms with Gasteiger partial charge in [-0.15, -0.1) is 0 Å². The molecule has 0 aliphatic carbocycles. The number of hydrogen-bond donors (Lipinski definition) is 0. The molecule has 2 aromatic rings. The van der Waals surface area contributed by atoms with Gasteiger partial charge in [0.2, 0.25) is 0 Å². The van der Waals surface area contributed by atoms with E-state index in [4.69, 9.17) is 16.3 Å². The van der Waals surface area contributed by atoms with E-state index in [1.54, 1.807) is 42.5 Å². The summed E-state index contributed by atoms with van der Waals surface area (Å²) in [7, 11) is -3.61. The van der Waals surface area contributed by atoms with E-state index >= 15 is 0 Å². The highest BCUT2D eigenvalue weighted by atomic mass is 35.5. The van der Waals surface area contributed by atoms with Gasteiger partial charge >= 0.3 is 5.97 Å². The maximum atomic E-state index is 12.1. The van der Waals surface area contributed by atoms with Crippen molar-refractivity contribution in [1.82, 2.24) is 0 Å². The Morgan fingerprint density at radius 3 is 2.29 bits per heavy atom. The lowest BCUT2D eigenvalue weighted by Gasteiger charge is -2.06. The maximum absolute atomic E-state index is 12.1. The van der Waals surface area contributed by atoms with Crippen molar-refractivity contribution in [3.63, 3.8) is 0 Å². The first-order valence-corrected chi connectivity index (χ1v) is 8.25. The average Bonchev–Trinajstić information content (AvgIpc) is 2.47. The number of rotatable bonds is 5. The third-order valence-electron chi connectivity index (χ3n) is 2.72. The Kier molecular flexibility index (Phi) is 4.98. The van der Waals surface area contributed by atoms with Crippen LogP contribution in [0.25, 0.3) is 0 Å². The minimum Gasteiger partial charge on any atom is -0.427 e. The molecule has 0 bridgehead atoms. The summed E-state index contributed by atoms with van der Waals surface area (Å²) in [4.78, 5) is 11.7. The van der Waals surface area contributed by atoms with Crippen molar-refractivity contribution in [3.05, 3.63) is 59.6 Å². The zero-order valence-corrected chi connectivity index (χ0v) is 12.6. The van der Waals surface area contributed by atoms with Crippen LogP contribution in [0, 0.1) is 0 Å². The predicted molar refractivity (Wildman–Crippen MR) is 80.2 cm³/mol. The molecule has 0 aliphatic heterocycles. The molecule has 0 heterocycles. The van der Waals surface area contributed by atoms with Crippen LogP contribution in [-0.4, -0.2) is 20.1 Å². The number of carbonyl (C=O) groups is 1. The van der Waals surface area contributed by atoms with Crippen molar-refractivity contribution >= 4 is 27.4 Å². The molecule has 0 radical (unpaired) electrons. The summed E-state index contributed by atoms with van der Waals surface area (Å²) in [5, 5.41) is 0.147. The van der Waals surface area contributed by atoms with E-state index in [9.17, 15) is 13.2 Å². The molecule has 0 aromatic heterocycles. The van der Waals surface area contributed by atoms with Crippen LogP contribution >= 0.6 is 11.6 Å². The number of esters is 1. The van der Waals surface area contributed by atoms with Crippen LogP contribution < -0.4 is 4.74 Å². The highest BCUT2D eigenvalue weighted by Crippen LogP contribution is 2.22. The highest BCUT2D eigenvalue weighted by Gasteiger charge is 2.19. The molecular formula is C15H13ClO4S. The van der Waals surface area contributed by atoms with E-state index in [1.165, 1.54) is 12.1 Å². The van der Waals surface area contributed by atoms with Gasteiger partial charge < -0.3 is 4.74 Å². The van der Waals surface area contributed by atoms with Gasteiger partial charge in [0.15, 0.2) is 9.84 Å². The summed E-state index contributed by atoms with van der Waals surface area (Å²) < 4.78 is 29.3. The second-order valence-electron chi connectivity index (χ2n) is 4.29. The van der Waals surface area contributed by atoms with E-state index in [0.717, 1.165) is 0 Å². The van der Waals surface area contributed by atoms with E-state index < -0.39 is 15.8 Å². The molecule has 2 aromatic carbocycles. The Labute approximate surface area is 128 Å². The first kappa shape index (κ1) is 15.5. The minimum absolute atomic E-state index is 0.0270. The highest BCUT2D eigenvalue weighted by molar-refractivity contribution is 7.91. The predicted octanol–water partition coefficient (Wildman–Crippen LogP) is 3.11. The van der Waals surface area contributed by atoms with Crippen molar-refractivity contribution < 1.29 is 17.9 Å². The maximum Gasteiger partial charge on any atom is 0.312 e. The van der Waals surface area contributed by atoms with Gasteiger partial charge in [-0.3, -0.25) is 4.79 Å². The summed E-state index contributed by atoms with van der Waals surface area (Å²) >= 11 is 5.86. The van der Waals surface area contributed by atoms with Crippen molar-refractivity contribution in [2.24, 2.45) is 0 Å². The number of sulfone groups is 1. The molecule has 6 heteroatoms. The number of benzene rings is 2. The standard InChI is InChI=1S/C15H13ClO4S/c16-13-8-4-5-9-14(13)21(18,19)11-10-15(17)20-12-6-2-1-3-7-12/h1-9H,10-11H2. The monoisotopic (exact) mass is 324 g/mol. The lowest BCUT2D eigenvalue weighted by Crippen LogP contribution is -2.15. The lowest BCUT2D eigenvalue weighted by molar-refractivity contribution is -0.133. The molecule has 0 saturated heterocycles. The first-order valence-electron chi connectivity index (χ1n) is 6.22. The number of carbonyl (C=O) groups excluding carboxylic acids is 1. The fraction of sp³-hybridized carbons (Fsp3) is 0.133. The number of halogens is 1. The second-order valence-corrected chi connectivity index (χ2v) is 6.77. The summed E-state index contributed by atoms with van der Waals surface area (Å²) in [6.45, 7) is 0. The molecule has 0 saturated carbocycles. The first-order chi connectivity index (χ1) is 9.99.